The smallest absolute Gasteiger partial charge is 0.0940 e. The normalized spacial score (nSPS) is 13.0. The highest BCUT2D eigenvalue weighted by Gasteiger charge is 2.08. The third-order valence-corrected chi connectivity index (χ3v) is 3.10. The fraction of sp³-hybridized carbons (Fsp3) is 0.700. The summed E-state index contributed by atoms with van der Waals surface area (Å²) >= 11 is 1.70. The highest BCUT2D eigenvalue weighted by atomic mass is 32.1. The zero-order valence-electron chi connectivity index (χ0n) is 8.70. The summed E-state index contributed by atoms with van der Waals surface area (Å²) < 4.78 is 0. The van der Waals surface area contributed by atoms with Crippen LogP contribution < -0.4 is 11.3 Å². The van der Waals surface area contributed by atoms with Crippen molar-refractivity contribution in [3.63, 3.8) is 0 Å². The van der Waals surface area contributed by atoms with Crippen molar-refractivity contribution < 1.29 is 0 Å². The van der Waals surface area contributed by atoms with Crippen LogP contribution in [0.15, 0.2) is 11.6 Å². The first kappa shape index (κ1) is 11.6. The van der Waals surface area contributed by atoms with Crippen LogP contribution in [0.5, 0.6) is 0 Å². The SMILES string of the molecule is CCCCCC(Cc1nccs1)NN. The zero-order chi connectivity index (χ0) is 10.2. The van der Waals surface area contributed by atoms with E-state index in [1.54, 1.807) is 11.3 Å². The molecule has 1 aromatic heterocycles. The Bertz CT molecular complexity index is 223. The topological polar surface area (TPSA) is 50.9 Å². The lowest BCUT2D eigenvalue weighted by atomic mass is 10.1. The average molecular weight is 213 g/mol. The van der Waals surface area contributed by atoms with Crippen LogP contribution in [0.2, 0.25) is 0 Å². The van der Waals surface area contributed by atoms with Gasteiger partial charge in [0.05, 0.1) is 5.01 Å². The Morgan fingerprint density at radius 3 is 3.00 bits per heavy atom. The summed E-state index contributed by atoms with van der Waals surface area (Å²) in [6, 6.07) is 0.382. The van der Waals surface area contributed by atoms with Crippen LogP contribution in [0.1, 0.15) is 37.6 Å². The van der Waals surface area contributed by atoms with Crippen molar-refractivity contribution in [1.29, 1.82) is 0 Å². The number of rotatable bonds is 7. The van der Waals surface area contributed by atoms with Crippen LogP contribution in [0, 0.1) is 0 Å². The van der Waals surface area contributed by atoms with E-state index < -0.39 is 0 Å². The Hall–Kier alpha value is -0.450. The number of hydrogen-bond acceptors (Lipinski definition) is 4. The van der Waals surface area contributed by atoms with Crippen molar-refractivity contribution in [2.45, 2.75) is 45.1 Å². The summed E-state index contributed by atoms with van der Waals surface area (Å²) in [4.78, 5) is 4.26. The number of aromatic nitrogens is 1. The second-order valence-corrected chi connectivity index (χ2v) is 4.47. The van der Waals surface area contributed by atoms with Gasteiger partial charge in [-0.2, -0.15) is 0 Å². The molecule has 0 spiro atoms. The van der Waals surface area contributed by atoms with E-state index in [9.17, 15) is 0 Å². The number of hydrogen-bond donors (Lipinski definition) is 2. The van der Waals surface area contributed by atoms with E-state index in [0.717, 1.165) is 12.8 Å². The lowest BCUT2D eigenvalue weighted by molar-refractivity contribution is 0.466. The lowest BCUT2D eigenvalue weighted by Crippen LogP contribution is -2.36. The maximum Gasteiger partial charge on any atom is 0.0940 e. The molecule has 0 radical (unpaired) electrons. The van der Waals surface area contributed by atoms with Crippen molar-refractivity contribution in [2.75, 3.05) is 0 Å². The van der Waals surface area contributed by atoms with Gasteiger partial charge in [-0.3, -0.25) is 11.3 Å². The Labute approximate surface area is 89.7 Å². The zero-order valence-corrected chi connectivity index (χ0v) is 9.52. The fourth-order valence-corrected chi connectivity index (χ4v) is 2.15. The molecule has 0 amide bonds. The Morgan fingerprint density at radius 1 is 1.57 bits per heavy atom. The molecule has 1 unspecified atom stereocenters. The second kappa shape index (κ2) is 6.92. The summed E-state index contributed by atoms with van der Waals surface area (Å²) in [5.41, 5.74) is 2.87. The number of nitrogens with one attached hydrogen (secondary N) is 1. The van der Waals surface area contributed by atoms with Gasteiger partial charge in [-0.1, -0.05) is 26.2 Å². The van der Waals surface area contributed by atoms with E-state index in [4.69, 9.17) is 5.84 Å². The van der Waals surface area contributed by atoms with Crippen molar-refractivity contribution in [1.82, 2.24) is 10.4 Å². The average Bonchev–Trinajstić information content (AvgIpc) is 2.69. The molecule has 0 fully saturated rings. The third-order valence-electron chi connectivity index (χ3n) is 2.30. The summed E-state index contributed by atoms with van der Waals surface area (Å²) in [6.45, 7) is 2.21. The van der Waals surface area contributed by atoms with Gasteiger partial charge in [0.1, 0.15) is 0 Å². The molecular formula is C10H19N3S. The molecule has 0 aliphatic heterocycles. The monoisotopic (exact) mass is 213 g/mol. The molecule has 80 valence electrons. The number of hydrazine groups is 1. The maximum absolute atomic E-state index is 5.50. The standard InChI is InChI=1S/C10H19N3S/c1-2-3-4-5-9(13-11)8-10-12-6-7-14-10/h6-7,9,13H,2-5,8,11H2,1H3. The molecule has 4 heteroatoms. The summed E-state index contributed by atoms with van der Waals surface area (Å²) in [7, 11) is 0. The van der Waals surface area contributed by atoms with Gasteiger partial charge in [-0.05, 0) is 6.42 Å². The van der Waals surface area contributed by atoms with Crippen LogP contribution in [0.3, 0.4) is 0 Å². The van der Waals surface area contributed by atoms with Crippen molar-refractivity contribution in [3.8, 4) is 0 Å². The molecular weight excluding hydrogens is 194 g/mol. The Kier molecular flexibility index (Phi) is 5.75. The van der Waals surface area contributed by atoms with Crippen LogP contribution >= 0.6 is 11.3 Å². The number of unbranched alkanes of at least 4 members (excludes halogenated alkanes) is 2. The Balaban J connectivity index is 2.24. The fourth-order valence-electron chi connectivity index (χ4n) is 1.45. The highest BCUT2D eigenvalue weighted by Crippen LogP contribution is 2.11. The van der Waals surface area contributed by atoms with E-state index >= 15 is 0 Å². The molecule has 0 aromatic carbocycles. The molecule has 1 rings (SSSR count). The number of nitrogens with zero attached hydrogens (tertiary/aromatic N) is 1. The van der Waals surface area contributed by atoms with Crippen LogP contribution in [-0.4, -0.2) is 11.0 Å². The minimum absolute atomic E-state index is 0.382. The van der Waals surface area contributed by atoms with Crippen LogP contribution in [0.25, 0.3) is 0 Å². The van der Waals surface area contributed by atoms with E-state index in [1.807, 2.05) is 11.6 Å². The summed E-state index contributed by atoms with van der Waals surface area (Å²) in [5.74, 6) is 5.50. The molecule has 14 heavy (non-hydrogen) atoms. The molecule has 1 heterocycles. The summed E-state index contributed by atoms with van der Waals surface area (Å²) in [5, 5.41) is 3.18. The largest absolute Gasteiger partial charge is 0.271 e. The molecule has 0 aliphatic carbocycles. The minimum atomic E-state index is 0.382. The number of thiazole rings is 1. The molecule has 0 bridgehead atoms. The van der Waals surface area contributed by atoms with E-state index in [-0.39, 0.29) is 0 Å². The van der Waals surface area contributed by atoms with Crippen molar-refractivity contribution in [3.05, 3.63) is 16.6 Å². The predicted octanol–water partition coefficient (Wildman–Crippen LogP) is 2.10. The van der Waals surface area contributed by atoms with Gasteiger partial charge in [-0.15, -0.1) is 11.3 Å². The van der Waals surface area contributed by atoms with Crippen molar-refractivity contribution in [2.24, 2.45) is 5.84 Å². The summed E-state index contributed by atoms with van der Waals surface area (Å²) in [6.07, 6.45) is 7.74. The van der Waals surface area contributed by atoms with E-state index in [1.165, 1.54) is 24.3 Å². The molecule has 3 nitrogen and oxygen atoms in total. The predicted molar refractivity (Wildman–Crippen MR) is 61.1 cm³/mol. The van der Waals surface area contributed by atoms with Crippen LogP contribution in [-0.2, 0) is 6.42 Å². The van der Waals surface area contributed by atoms with Gasteiger partial charge < -0.3 is 0 Å². The van der Waals surface area contributed by atoms with Gasteiger partial charge in [0, 0.05) is 24.0 Å². The first-order valence-corrected chi connectivity index (χ1v) is 6.09. The lowest BCUT2D eigenvalue weighted by Gasteiger charge is -2.13. The maximum atomic E-state index is 5.50. The van der Waals surface area contributed by atoms with Gasteiger partial charge >= 0.3 is 0 Å². The third kappa shape index (κ3) is 4.17. The second-order valence-electron chi connectivity index (χ2n) is 3.49. The minimum Gasteiger partial charge on any atom is -0.271 e. The first-order valence-electron chi connectivity index (χ1n) is 5.21. The quantitative estimate of drug-likeness (QED) is 0.414. The highest BCUT2D eigenvalue weighted by molar-refractivity contribution is 7.09. The van der Waals surface area contributed by atoms with Gasteiger partial charge in [0.25, 0.3) is 0 Å². The number of nitrogens with two attached hydrogens (primary N) is 1. The molecule has 0 saturated heterocycles. The van der Waals surface area contributed by atoms with E-state index in [2.05, 4.69) is 17.3 Å². The van der Waals surface area contributed by atoms with Gasteiger partial charge in [0.2, 0.25) is 0 Å². The molecule has 1 aromatic rings. The van der Waals surface area contributed by atoms with Gasteiger partial charge in [-0.25, -0.2) is 4.98 Å². The molecule has 3 N–H and O–H groups in total. The molecule has 0 saturated carbocycles. The Morgan fingerprint density at radius 2 is 2.43 bits per heavy atom. The molecule has 1 atom stereocenters. The van der Waals surface area contributed by atoms with Crippen LogP contribution in [0.4, 0.5) is 0 Å². The van der Waals surface area contributed by atoms with Gasteiger partial charge in [0.15, 0.2) is 0 Å². The first-order chi connectivity index (χ1) is 6.86. The molecule has 0 aliphatic rings. The van der Waals surface area contributed by atoms with Crippen molar-refractivity contribution >= 4 is 11.3 Å². The van der Waals surface area contributed by atoms with E-state index in [0.29, 0.717) is 6.04 Å².